The van der Waals surface area contributed by atoms with E-state index in [0.717, 1.165) is 16.5 Å². The average Bonchev–Trinajstić information content (AvgIpc) is 2.81. The molecule has 0 aliphatic carbocycles. The van der Waals surface area contributed by atoms with Gasteiger partial charge in [-0.3, -0.25) is 14.5 Å². The molecule has 2 rings (SSSR count). The van der Waals surface area contributed by atoms with Crippen molar-refractivity contribution in [1.29, 1.82) is 0 Å². The summed E-state index contributed by atoms with van der Waals surface area (Å²) in [4.78, 5) is 25.2. The molecule has 1 heterocycles. The van der Waals surface area contributed by atoms with E-state index in [0.29, 0.717) is 34.5 Å². The summed E-state index contributed by atoms with van der Waals surface area (Å²) in [5.74, 6) is -0.365. The van der Waals surface area contributed by atoms with Crippen molar-refractivity contribution in [2.45, 2.75) is 26.2 Å². The van der Waals surface area contributed by atoms with Crippen LogP contribution < -0.4 is 4.74 Å². The van der Waals surface area contributed by atoms with Gasteiger partial charge in [-0.05, 0) is 37.1 Å². The van der Waals surface area contributed by atoms with Crippen molar-refractivity contribution in [2.75, 3.05) is 13.2 Å². The van der Waals surface area contributed by atoms with Gasteiger partial charge in [0.2, 0.25) is 0 Å². The number of amides is 1. The number of ether oxygens (including phenoxy) is 1. The van der Waals surface area contributed by atoms with Gasteiger partial charge >= 0.3 is 5.97 Å². The van der Waals surface area contributed by atoms with Gasteiger partial charge < -0.3 is 9.84 Å². The maximum atomic E-state index is 12.6. The van der Waals surface area contributed by atoms with Crippen LogP contribution in [0.5, 0.6) is 5.75 Å². The lowest BCUT2D eigenvalue weighted by Crippen LogP contribution is -2.29. The highest BCUT2D eigenvalue weighted by Crippen LogP contribution is 2.35. The highest BCUT2D eigenvalue weighted by atomic mass is 79.9. The maximum absolute atomic E-state index is 12.6. The van der Waals surface area contributed by atoms with Gasteiger partial charge in [0, 0.05) is 23.0 Å². The van der Waals surface area contributed by atoms with E-state index in [-0.39, 0.29) is 12.3 Å². The number of carboxylic acid groups (broad SMARTS) is 1. The van der Waals surface area contributed by atoms with Crippen LogP contribution in [-0.4, -0.2) is 39.4 Å². The summed E-state index contributed by atoms with van der Waals surface area (Å²) >= 11 is 9.91. The molecule has 1 aliphatic rings. The summed E-state index contributed by atoms with van der Waals surface area (Å²) in [5, 5.41) is 8.72. The molecule has 8 heteroatoms. The molecule has 0 spiro atoms. The van der Waals surface area contributed by atoms with Crippen molar-refractivity contribution < 1.29 is 19.4 Å². The number of halogens is 1. The van der Waals surface area contributed by atoms with Crippen LogP contribution in [0.2, 0.25) is 0 Å². The Morgan fingerprint density at radius 1 is 1.48 bits per heavy atom. The lowest BCUT2D eigenvalue weighted by Gasteiger charge is -2.13. The Bertz CT molecular complexity index is 721. The standard InChI is InChI=1S/C17H18BrNO4S2/c1-2-8-23-13-6-5-12(18)9-11(13)10-14-16(22)19(17(24)25-14)7-3-4-15(20)21/h5-6,9-10H,2-4,7-8H2,1H3,(H,20,21)/b14-10-. The fraction of sp³-hybridized carbons (Fsp3) is 0.353. The summed E-state index contributed by atoms with van der Waals surface area (Å²) in [7, 11) is 0. The fourth-order valence-electron chi connectivity index (χ4n) is 2.20. The third-order valence-corrected chi connectivity index (χ3v) is 5.24. The SMILES string of the molecule is CCCOc1ccc(Br)cc1/C=C1\SC(=S)N(CCCC(=O)O)C1=O. The molecule has 0 atom stereocenters. The van der Waals surface area contributed by atoms with Gasteiger partial charge in [0.15, 0.2) is 0 Å². The van der Waals surface area contributed by atoms with Gasteiger partial charge in [-0.15, -0.1) is 0 Å². The van der Waals surface area contributed by atoms with E-state index in [1.54, 1.807) is 6.08 Å². The molecule has 0 saturated carbocycles. The molecule has 1 aliphatic heterocycles. The molecule has 25 heavy (non-hydrogen) atoms. The second-order valence-electron chi connectivity index (χ2n) is 5.36. The zero-order valence-electron chi connectivity index (χ0n) is 13.7. The van der Waals surface area contributed by atoms with Crippen LogP contribution in [0.4, 0.5) is 0 Å². The number of rotatable bonds is 8. The van der Waals surface area contributed by atoms with Crippen LogP contribution >= 0.6 is 39.9 Å². The lowest BCUT2D eigenvalue weighted by atomic mass is 10.2. The second kappa shape index (κ2) is 9.35. The molecule has 1 amide bonds. The number of aliphatic carboxylic acids is 1. The first-order valence-corrected chi connectivity index (χ1v) is 9.83. The predicted molar refractivity (Wildman–Crippen MR) is 107 cm³/mol. The Balaban J connectivity index is 2.18. The first-order chi connectivity index (χ1) is 11.9. The number of thiocarbonyl (C=S) groups is 1. The van der Waals surface area contributed by atoms with Gasteiger partial charge in [0.25, 0.3) is 5.91 Å². The molecule has 0 aromatic heterocycles. The van der Waals surface area contributed by atoms with E-state index >= 15 is 0 Å². The van der Waals surface area contributed by atoms with E-state index in [1.165, 1.54) is 16.7 Å². The zero-order chi connectivity index (χ0) is 18.4. The Hall–Kier alpha value is -1.38. The van der Waals surface area contributed by atoms with Crippen LogP contribution in [0, 0.1) is 0 Å². The highest BCUT2D eigenvalue weighted by molar-refractivity contribution is 9.10. The molecule has 5 nitrogen and oxygen atoms in total. The van der Waals surface area contributed by atoms with Crippen molar-refractivity contribution in [3.8, 4) is 5.75 Å². The summed E-state index contributed by atoms with van der Waals surface area (Å²) in [6.07, 6.45) is 3.04. The number of hydrogen-bond acceptors (Lipinski definition) is 5. The molecule has 134 valence electrons. The molecular weight excluding hydrogens is 426 g/mol. The maximum Gasteiger partial charge on any atom is 0.303 e. The first-order valence-electron chi connectivity index (χ1n) is 7.82. The van der Waals surface area contributed by atoms with E-state index < -0.39 is 5.97 Å². The predicted octanol–water partition coefficient (Wildman–Crippen LogP) is 4.30. The molecule has 1 N–H and O–H groups in total. The van der Waals surface area contributed by atoms with Crippen molar-refractivity contribution in [2.24, 2.45) is 0 Å². The number of hydrogen-bond donors (Lipinski definition) is 1. The molecule has 1 saturated heterocycles. The van der Waals surface area contributed by atoms with Gasteiger partial charge in [0.05, 0.1) is 11.5 Å². The molecular formula is C17H18BrNO4S2. The first kappa shape index (κ1) is 19.9. The summed E-state index contributed by atoms with van der Waals surface area (Å²) in [5.41, 5.74) is 0.800. The minimum Gasteiger partial charge on any atom is -0.493 e. The summed E-state index contributed by atoms with van der Waals surface area (Å²) < 4.78 is 7.07. The Kier molecular flexibility index (Phi) is 7.46. The summed E-state index contributed by atoms with van der Waals surface area (Å²) in [6, 6.07) is 5.64. The minimum absolute atomic E-state index is 0.0107. The van der Waals surface area contributed by atoms with E-state index in [4.69, 9.17) is 22.1 Å². The Morgan fingerprint density at radius 3 is 2.92 bits per heavy atom. The minimum atomic E-state index is -0.882. The summed E-state index contributed by atoms with van der Waals surface area (Å²) in [6.45, 7) is 2.94. The number of carbonyl (C=O) groups is 2. The molecule has 0 radical (unpaired) electrons. The third kappa shape index (κ3) is 5.55. The Morgan fingerprint density at radius 2 is 2.24 bits per heavy atom. The molecule has 1 fully saturated rings. The molecule has 0 bridgehead atoms. The largest absolute Gasteiger partial charge is 0.493 e. The third-order valence-electron chi connectivity index (χ3n) is 3.37. The molecule has 1 aromatic rings. The monoisotopic (exact) mass is 443 g/mol. The van der Waals surface area contributed by atoms with E-state index in [1.807, 2.05) is 25.1 Å². The van der Waals surface area contributed by atoms with Gasteiger partial charge in [0.1, 0.15) is 10.1 Å². The fourth-order valence-corrected chi connectivity index (χ4v) is 3.88. The van der Waals surface area contributed by atoms with Crippen molar-refractivity contribution in [1.82, 2.24) is 4.90 Å². The van der Waals surface area contributed by atoms with Crippen molar-refractivity contribution >= 4 is 62.2 Å². The van der Waals surface area contributed by atoms with Gasteiger partial charge in [-0.2, -0.15) is 0 Å². The van der Waals surface area contributed by atoms with Gasteiger partial charge in [-0.1, -0.05) is 46.8 Å². The smallest absolute Gasteiger partial charge is 0.303 e. The van der Waals surface area contributed by atoms with Crippen LogP contribution in [-0.2, 0) is 9.59 Å². The zero-order valence-corrected chi connectivity index (χ0v) is 16.9. The topological polar surface area (TPSA) is 66.8 Å². The molecule has 0 unspecified atom stereocenters. The normalized spacial score (nSPS) is 15.9. The highest BCUT2D eigenvalue weighted by Gasteiger charge is 2.31. The number of nitrogens with zero attached hydrogens (tertiary/aromatic N) is 1. The van der Waals surface area contributed by atoms with E-state index in [2.05, 4.69) is 15.9 Å². The van der Waals surface area contributed by atoms with Crippen LogP contribution in [0.25, 0.3) is 6.08 Å². The van der Waals surface area contributed by atoms with Crippen LogP contribution in [0.1, 0.15) is 31.7 Å². The van der Waals surface area contributed by atoms with Crippen molar-refractivity contribution in [3.05, 3.63) is 33.1 Å². The number of carbonyl (C=O) groups excluding carboxylic acids is 1. The second-order valence-corrected chi connectivity index (χ2v) is 7.95. The van der Waals surface area contributed by atoms with Gasteiger partial charge in [-0.25, -0.2) is 0 Å². The quantitative estimate of drug-likeness (QED) is 0.476. The lowest BCUT2D eigenvalue weighted by molar-refractivity contribution is -0.137. The van der Waals surface area contributed by atoms with Crippen LogP contribution in [0.3, 0.4) is 0 Å². The molecule has 1 aromatic carbocycles. The van der Waals surface area contributed by atoms with Crippen LogP contribution in [0.15, 0.2) is 27.6 Å². The number of thioether (sulfide) groups is 1. The number of benzene rings is 1. The Labute approximate surface area is 164 Å². The van der Waals surface area contributed by atoms with Crippen molar-refractivity contribution in [3.63, 3.8) is 0 Å². The van der Waals surface area contributed by atoms with E-state index in [9.17, 15) is 9.59 Å². The average molecular weight is 444 g/mol. The number of carboxylic acids is 1.